The molecule has 2 aromatic rings. The number of anilines is 1. The van der Waals surface area contributed by atoms with Gasteiger partial charge < -0.3 is 14.5 Å². The van der Waals surface area contributed by atoms with E-state index in [0.717, 1.165) is 35.6 Å². The minimum absolute atomic E-state index is 0.00598. The van der Waals surface area contributed by atoms with E-state index in [0.29, 0.717) is 17.9 Å². The number of likely N-dealkylation sites (tertiary alicyclic amines) is 1. The fourth-order valence-electron chi connectivity index (χ4n) is 4.52. The standard InChI is InChI=1S/C25H30N2O3S/c1-18-7-5-8-19(2)27(18)24(28)17-30-21-13-11-20(12-14-21)25(29)26-15-6-16-31-23-10-4-3-9-22(23)26/h3-4,9-14,18-19H,5-8,15-17H2,1-2H3. The highest BCUT2D eigenvalue weighted by atomic mass is 32.2. The van der Waals surface area contributed by atoms with Crippen molar-refractivity contribution in [3.63, 3.8) is 0 Å². The van der Waals surface area contributed by atoms with E-state index in [9.17, 15) is 9.59 Å². The van der Waals surface area contributed by atoms with Crippen LogP contribution in [0.1, 0.15) is 49.9 Å². The first kappa shape index (κ1) is 21.8. The van der Waals surface area contributed by atoms with Crippen LogP contribution in [0.3, 0.4) is 0 Å². The summed E-state index contributed by atoms with van der Waals surface area (Å²) in [5, 5.41) is 0. The van der Waals surface area contributed by atoms with E-state index in [2.05, 4.69) is 19.9 Å². The zero-order valence-electron chi connectivity index (χ0n) is 18.3. The predicted octanol–water partition coefficient (Wildman–Crippen LogP) is 5.00. The Hall–Kier alpha value is -2.47. The third-order valence-corrected chi connectivity index (χ3v) is 7.28. The van der Waals surface area contributed by atoms with Crippen molar-refractivity contribution < 1.29 is 14.3 Å². The summed E-state index contributed by atoms with van der Waals surface area (Å²) < 4.78 is 5.75. The van der Waals surface area contributed by atoms with Gasteiger partial charge in [-0.15, -0.1) is 11.8 Å². The molecule has 2 atom stereocenters. The highest BCUT2D eigenvalue weighted by Gasteiger charge is 2.29. The van der Waals surface area contributed by atoms with Gasteiger partial charge in [-0.2, -0.15) is 0 Å². The Balaban J connectivity index is 1.40. The largest absolute Gasteiger partial charge is 0.484 e. The van der Waals surface area contributed by atoms with Crippen LogP contribution in [-0.2, 0) is 4.79 Å². The molecule has 31 heavy (non-hydrogen) atoms. The smallest absolute Gasteiger partial charge is 0.260 e. The van der Waals surface area contributed by atoms with Gasteiger partial charge in [0.1, 0.15) is 5.75 Å². The van der Waals surface area contributed by atoms with Crippen molar-refractivity contribution >= 4 is 29.3 Å². The molecule has 4 rings (SSSR count). The Bertz CT molecular complexity index is 921. The SMILES string of the molecule is CC1CCCC(C)N1C(=O)COc1ccc(C(=O)N2CCCSc3ccccc32)cc1. The molecule has 1 saturated heterocycles. The molecule has 2 unspecified atom stereocenters. The Morgan fingerprint density at radius 2 is 1.71 bits per heavy atom. The first-order valence-corrected chi connectivity index (χ1v) is 12.1. The number of hydrogen-bond acceptors (Lipinski definition) is 4. The van der Waals surface area contributed by atoms with Gasteiger partial charge in [-0.1, -0.05) is 12.1 Å². The molecule has 2 aromatic carbocycles. The van der Waals surface area contributed by atoms with Gasteiger partial charge in [-0.3, -0.25) is 9.59 Å². The number of hydrogen-bond donors (Lipinski definition) is 0. The van der Waals surface area contributed by atoms with Crippen LogP contribution in [-0.4, -0.2) is 47.7 Å². The molecule has 0 spiro atoms. The molecule has 0 saturated carbocycles. The molecule has 2 amide bonds. The second kappa shape index (κ2) is 9.77. The quantitative estimate of drug-likeness (QED) is 0.674. The molecular formula is C25H30N2O3S. The van der Waals surface area contributed by atoms with Crippen LogP contribution in [0.15, 0.2) is 53.4 Å². The zero-order valence-corrected chi connectivity index (χ0v) is 19.1. The lowest BCUT2D eigenvalue weighted by Crippen LogP contribution is -2.49. The average Bonchev–Trinajstić information content (AvgIpc) is 3.00. The first-order valence-electron chi connectivity index (χ1n) is 11.1. The van der Waals surface area contributed by atoms with Gasteiger partial charge >= 0.3 is 0 Å². The van der Waals surface area contributed by atoms with Gasteiger partial charge in [0, 0.05) is 29.1 Å². The van der Waals surface area contributed by atoms with E-state index in [4.69, 9.17) is 4.74 Å². The van der Waals surface area contributed by atoms with Gasteiger partial charge in [0.15, 0.2) is 6.61 Å². The summed E-state index contributed by atoms with van der Waals surface area (Å²) in [6.07, 6.45) is 4.22. The van der Waals surface area contributed by atoms with Gasteiger partial charge in [-0.25, -0.2) is 0 Å². The summed E-state index contributed by atoms with van der Waals surface area (Å²) in [7, 11) is 0. The molecule has 1 fully saturated rings. The molecule has 164 valence electrons. The van der Waals surface area contributed by atoms with Gasteiger partial charge in [-0.05, 0) is 81.7 Å². The van der Waals surface area contributed by atoms with Gasteiger partial charge in [0.05, 0.1) is 5.69 Å². The van der Waals surface area contributed by atoms with Gasteiger partial charge in [0.25, 0.3) is 11.8 Å². The van der Waals surface area contributed by atoms with Crippen molar-refractivity contribution in [1.82, 2.24) is 4.90 Å². The molecule has 0 aromatic heterocycles. The molecule has 0 radical (unpaired) electrons. The lowest BCUT2D eigenvalue weighted by molar-refractivity contribution is -0.139. The normalized spacial score (nSPS) is 21.2. The Morgan fingerprint density at radius 3 is 2.45 bits per heavy atom. The molecular weight excluding hydrogens is 408 g/mol. The van der Waals surface area contributed by atoms with E-state index in [1.807, 2.05) is 28.0 Å². The van der Waals surface area contributed by atoms with Crippen LogP contribution in [0.4, 0.5) is 5.69 Å². The maximum absolute atomic E-state index is 13.2. The summed E-state index contributed by atoms with van der Waals surface area (Å²) in [6.45, 7) is 4.95. The van der Waals surface area contributed by atoms with E-state index in [-0.39, 0.29) is 30.5 Å². The molecule has 2 aliphatic rings. The summed E-state index contributed by atoms with van der Waals surface area (Å²) in [6, 6.07) is 15.7. The van der Waals surface area contributed by atoms with Crippen molar-refractivity contribution in [3.8, 4) is 5.75 Å². The van der Waals surface area contributed by atoms with Gasteiger partial charge in [0.2, 0.25) is 0 Å². The maximum Gasteiger partial charge on any atom is 0.260 e. The molecule has 6 heteroatoms. The lowest BCUT2D eigenvalue weighted by atomic mass is 9.97. The second-order valence-electron chi connectivity index (χ2n) is 8.37. The molecule has 2 heterocycles. The number of fused-ring (bicyclic) bond motifs is 1. The van der Waals surface area contributed by atoms with Crippen LogP contribution in [0.25, 0.3) is 0 Å². The van der Waals surface area contributed by atoms with Crippen LogP contribution in [0.5, 0.6) is 5.75 Å². The highest BCUT2D eigenvalue weighted by molar-refractivity contribution is 7.99. The summed E-state index contributed by atoms with van der Waals surface area (Å²) in [4.78, 5) is 30.8. The number of piperidine rings is 1. The minimum Gasteiger partial charge on any atom is -0.484 e. The fraction of sp³-hybridized carbons (Fsp3) is 0.440. The van der Waals surface area contributed by atoms with E-state index < -0.39 is 0 Å². The first-order chi connectivity index (χ1) is 15.0. The number of thioether (sulfide) groups is 1. The topological polar surface area (TPSA) is 49.9 Å². The number of rotatable bonds is 4. The average molecular weight is 439 g/mol. The fourth-order valence-corrected chi connectivity index (χ4v) is 5.51. The minimum atomic E-state index is -0.00598. The number of carbonyl (C=O) groups excluding carboxylic acids is 2. The van der Waals surface area contributed by atoms with Crippen molar-refractivity contribution in [3.05, 3.63) is 54.1 Å². The molecule has 0 aliphatic carbocycles. The number of carbonyl (C=O) groups is 2. The summed E-state index contributed by atoms with van der Waals surface area (Å²) in [5.41, 5.74) is 1.60. The van der Waals surface area contributed by atoms with Crippen LogP contribution in [0, 0.1) is 0 Å². The highest BCUT2D eigenvalue weighted by Crippen LogP contribution is 2.34. The van der Waals surface area contributed by atoms with Crippen molar-refractivity contribution in [2.45, 2.75) is 56.5 Å². The molecule has 2 aliphatic heterocycles. The molecule has 0 N–H and O–H groups in total. The number of benzene rings is 2. The Morgan fingerprint density at radius 1 is 1.00 bits per heavy atom. The number of nitrogens with zero attached hydrogens (tertiary/aromatic N) is 2. The second-order valence-corrected chi connectivity index (χ2v) is 9.51. The number of ether oxygens (including phenoxy) is 1. The zero-order chi connectivity index (χ0) is 21.8. The predicted molar refractivity (Wildman–Crippen MR) is 125 cm³/mol. The Labute approximate surface area is 188 Å². The van der Waals surface area contributed by atoms with E-state index in [1.165, 1.54) is 6.42 Å². The molecule has 5 nitrogen and oxygen atoms in total. The maximum atomic E-state index is 13.2. The third kappa shape index (κ3) is 4.90. The lowest BCUT2D eigenvalue weighted by Gasteiger charge is -2.38. The number of para-hydroxylation sites is 1. The van der Waals surface area contributed by atoms with Crippen LogP contribution < -0.4 is 9.64 Å². The third-order valence-electron chi connectivity index (χ3n) is 6.13. The molecule has 0 bridgehead atoms. The van der Waals surface area contributed by atoms with Crippen molar-refractivity contribution in [2.75, 3.05) is 23.8 Å². The van der Waals surface area contributed by atoms with Crippen LogP contribution in [0.2, 0.25) is 0 Å². The van der Waals surface area contributed by atoms with Crippen LogP contribution >= 0.6 is 11.8 Å². The Kier molecular flexibility index (Phi) is 6.86. The van der Waals surface area contributed by atoms with E-state index >= 15 is 0 Å². The van der Waals surface area contributed by atoms with Crippen molar-refractivity contribution in [1.29, 1.82) is 0 Å². The number of amides is 2. The summed E-state index contributed by atoms with van der Waals surface area (Å²) in [5.74, 6) is 1.64. The summed E-state index contributed by atoms with van der Waals surface area (Å²) >= 11 is 1.80. The van der Waals surface area contributed by atoms with Crippen molar-refractivity contribution in [2.24, 2.45) is 0 Å². The monoisotopic (exact) mass is 438 g/mol. The van der Waals surface area contributed by atoms with E-state index in [1.54, 1.807) is 36.0 Å².